The second-order valence-electron chi connectivity index (χ2n) is 4.30. The molecular weight excluding hydrogens is 322 g/mol. The summed E-state index contributed by atoms with van der Waals surface area (Å²) in [5, 5.41) is 12.2. The van der Waals surface area contributed by atoms with Crippen molar-refractivity contribution < 1.29 is 14.6 Å². The maximum Gasteiger partial charge on any atom is 0.335 e. The van der Waals surface area contributed by atoms with E-state index in [-0.39, 0.29) is 5.56 Å². The van der Waals surface area contributed by atoms with Gasteiger partial charge in [0.25, 0.3) is 0 Å². The minimum atomic E-state index is -0.931. The van der Waals surface area contributed by atoms with Gasteiger partial charge in [-0.05, 0) is 48.9 Å². The lowest BCUT2D eigenvalue weighted by atomic mass is 10.1. The predicted octanol–water partition coefficient (Wildman–Crippen LogP) is 4.21. The topological polar surface area (TPSA) is 58.6 Å². The summed E-state index contributed by atoms with van der Waals surface area (Å²) in [6.45, 7) is 1.86. The molecule has 0 saturated heterocycles. The zero-order chi connectivity index (χ0) is 14.7. The Bertz CT molecular complexity index is 656. The number of aryl methyl sites for hydroxylation is 1. The van der Waals surface area contributed by atoms with E-state index in [9.17, 15) is 4.79 Å². The monoisotopic (exact) mass is 335 g/mol. The standard InChI is InChI=1S/C15H14BrNO3/c1-9-7-10(15(18)19)3-5-12(9)17-13-8-11(16)4-6-14(13)20-2/h3-8,17H,1-2H3,(H,18,19). The van der Waals surface area contributed by atoms with Crippen LogP contribution in [0.2, 0.25) is 0 Å². The highest BCUT2D eigenvalue weighted by Crippen LogP contribution is 2.31. The number of nitrogens with one attached hydrogen (secondary N) is 1. The average Bonchev–Trinajstić information content (AvgIpc) is 2.41. The van der Waals surface area contributed by atoms with E-state index >= 15 is 0 Å². The lowest BCUT2D eigenvalue weighted by Gasteiger charge is -2.14. The SMILES string of the molecule is COc1ccc(Br)cc1Nc1ccc(C(=O)O)cc1C. The first-order chi connectivity index (χ1) is 9.51. The minimum Gasteiger partial charge on any atom is -0.495 e. The van der Waals surface area contributed by atoms with Crippen molar-refractivity contribution >= 4 is 33.3 Å². The molecule has 0 amide bonds. The number of aromatic carboxylic acids is 1. The number of hydrogen-bond acceptors (Lipinski definition) is 3. The summed E-state index contributed by atoms with van der Waals surface area (Å²) < 4.78 is 6.23. The Kier molecular flexibility index (Phi) is 4.29. The van der Waals surface area contributed by atoms with Crippen LogP contribution in [0.15, 0.2) is 40.9 Å². The summed E-state index contributed by atoms with van der Waals surface area (Å²) >= 11 is 3.41. The van der Waals surface area contributed by atoms with Crippen molar-refractivity contribution in [2.75, 3.05) is 12.4 Å². The van der Waals surface area contributed by atoms with E-state index in [1.807, 2.05) is 25.1 Å². The number of anilines is 2. The zero-order valence-corrected chi connectivity index (χ0v) is 12.7. The Labute approximate surface area is 125 Å². The fraction of sp³-hybridized carbons (Fsp3) is 0.133. The smallest absolute Gasteiger partial charge is 0.335 e. The Hall–Kier alpha value is -2.01. The van der Waals surface area contributed by atoms with Crippen molar-refractivity contribution in [1.29, 1.82) is 0 Å². The Morgan fingerprint density at radius 3 is 2.55 bits per heavy atom. The molecule has 0 aliphatic rings. The van der Waals surface area contributed by atoms with Crippen molar-refractivity contribution in [1.82, 2.24) is 0 Å². The molecule has 2 rings (SSSR count). The summed E-state index contributed by atoms with van der Waals surface area (Å²) in [5.74, 6) is -0.213. The third kappa shape index (κ3) is 3.11. The van der Waals surface area contributed by atoms with Gasteiger partial charge in [0, 0.05) is 10.2 Å². The van der Waals surface area contributed by atoms with Crippen LogP contribution in [0.4, 0.5) is 11.4 Å². The van der Waals surface area contributed by atoms with E-state index in [4.69, 9.17) is 9.84 Å². The Balaban J connectivity index is 2.35. The second kappa shape index (κ2) is 5.96. The number of carboxylic acids is 1. The summed E-state index contributed by atoms with van der Waals surface area (Å²) in [6, 6.07) is 10.6. The first-order valence-electron chi connectivity index (χ1n) is 5.96. The van der Waals surface area contributed by atoms with Gasteiger partial charge in [0.1, 0.15) is 5.75 Å². The van der Waals surface area contributed by atoms with E-state index in [1.54, 1.807) is 25.3 Å². The molecule has 2 aromatic carbocycles. The highest BCUT2D eigenvalue weighted by atomic mass is 79.9. The van der Waals surface area contributed by atoms with Crippen LogP contribution in [0, 0.1) is 6.92 Å². The maximum absolute atomic E-state index is 10.9. The molecular formula is C15H14BrNO3. The normalized spacial score (nSPS) is 10.2. The van der Waals surface area contributed by atoms with Gasteiger partial charge in [-0.1, -0.05) is 15.9 Å². The van der Waals surface area contributed by atoms with Crippen molar-refractivity contribution in [3.63, 3.8) is 0 Å². The molecule has 0 spiro atoms. The fourth-order valence-electron chi connectivity index (χ4n) is 1.86. The van der Waals surface area contributed by atoms with Crippen LogP contribution in [0.3, 0.4) is 0 Å². The average molecular weight is 336 g/mol. The molecule has 0 saturated carbocycles. The van der Waals surface area contributed by atoms with Crippen LogP contribution in [0.25, 0.3) is 0 Å². The Morgan fingerprint density at radius 2 is 1.95 bits per heavy atom. The highest BCUT2D eigenvalue weighted by molar-refractivity contribution is 9.10. The van der Waals surface area contributed by atoms with Crippen LogP contribution in [-0.4, -0.2) is 18.2 Å². The van der Waals surface area contributed by atoms with E-state index in [2.05, 4.69) is 21.2 Å². The maximum atomic E-state index is 10.9. The van der Waals surface area contributed by atoms with Gasteiger partial charge in [-0.15, -0.1) is 0 Å². The van der Waals surface area contributed by atoms with Crippen LogP contribution in [-0.2, 0) is 0 Å². The quantitative estimate of drug-likeness (QED) is 0.878. The van der Waals surface area contributed by atoms with Gasteiger partial charge >= 0.3 is 5.97 Å². The van der Waals surface area contributed by atoms with Gasteiger partial charge in [-0.2, -0.15) is 0 Å². The Morgan fingerprint density at radius 1 is 1.20 bits per heavy atom. The molecule has 0 fully saturated rings. The molecule has 0 aromatic heterocycles. The van der Waals surface area contributed by atoms with Gasteiger partial charge in [0.05, 0.1) is 18.4 Å². The highest BCUT2D eigenvalue weighted by Gasteiger charge is 2.08. The number of benzene rings is 2. The van der Waals surface area contributed by atoms with Crippen LogP contribution in [0.5, 0.6) is 5.75 Å². The third-order valence-electron chi connectivity index (χ3n) is 2.90. The molecule has 2 N–H and O–H groups in total. The van der Waals surface area contributed by atoms with E-state index < -0.39 is 5.97 Å². The number of ether oxygens (including phenoxy) is 1. The largest absolute Gasteiger partial charge is 0.495 e. The van der Waals surface area contributed by atoms with Gasteiger partial charge in [-0.25, -0.2) is 4.79 Å². The van der Waals surface area contributed by atoms with Gasteiger partial charge in [0.2, 0.25) is 0 Å². The lowest BCUT2D eigenvalue weighted by Crippen LogP contribution is -2.00. The molecule has 0 atom stereocenters. The number of hydrogen-bond donors (Lipinski definition) is 2. The minimum absolute atomic E-state index is 0.272. The summed E-state index contributed by atoms with van der Waals surface area (Å²) in [6.07, 6.45) is 0. The number of halogens is 1. The van der Waals surface area contributed by atoms with Crippen molar-refractivity contribution in [2.24, 2.45) is 0 Å². The molecule has 2 aromatic rings. The molecule has 0 heterocycles. The molecule has 0 unspecified atom stereocenters. The molecule has 4 nitrogen and oxygen atoms in total. The van der Waals surface area contributed by atoms with Gasteiger partial charge in [0.15, 0.2) is 0 Å². The fourth-order valence-corrected chi connectivity index (χ4v) is 2.22. The molecule has 0 aliphatic carbocycles. The third-order valence-corrected chi connectivity index (χ3v) is 3.40. The van der Waals surface area contributed by atoms with Gasteiger partial charge < -0.3 is 15.2 Å². The van der Waals surface area contributed by atoms with Crippen LogP contribution >= 0.6 is 15.9 Å². The predicted molar refractivity (Wildman–Crippen MR) is 82.1 cm³/mol. The van der Waals surface area contributed by atoms with Crippen molar-refractivity contribution in [3.8, 4) is 5.75 Å². The molecule has 5 heteroatoms. The summed E-state index contributed by atoms with van der Waals surface area (Å²) in [4.78, 5) is 10.9. The molecule has 0 aliphatic heterocycles. The zero-order valence-electron chi connectivity index (χ0n) is 11.1. The second-order valence-corrected chi connectivity index (χ2v) is 5.22. The number of rotatable bonds is 4. The number of carbonyl (C=O) groups is 1. The van der Waals surface area contributed by atoms with Crippen molar-refractivity contribution in [2.45, 2.75) is 6.92 Å². The first-order valence-corrected chi connectivity index (χ1v) is 6.75. The molecule has 0 radical (unpaired) electrons. The molecule has 0 bridgehead atoms. The van der Waals surface area contributed by atoms with E-state index in [1.165, 1.54) is 0 Å². The van der Waals surface area contributed by atoms with E-state index in [0.29, 0.717) is 0 Å². The van der Waals surface area contributed by atoms with Gasteiger partial charge in [-0.3, -0.25) is 0 Å². The lowest BCUT2D eigenvalue weighted by molar-refractivity contribution is 0.0697. The number of methoxy groups -OCH3 is 1. The number of carboxylic acid groups (broad SMARTS) is 1. The van der Waals surface area contributed by atoms with E-state index in [0.717, 1.165) is 27.2 Å². The summed E-state index contributed by atoms with van der Waals surface area (Å²) in [5.41, 5.74) is 2.78. The van der Waals surface area contributed by atoms with Crippen LogP contribution in [0.1, 0.15) is 15.9 Å². The first kappa shape index (κ1) is 14.4. The summed E-state index contributed by atoms with van der Waals surface area (Å²) in [7, 11) is 1.61. The van der Waals surface area contributed by atoms with Crippen LogP contribution < -0.4 is 10.1 Å². The molecule has 20 heavy (non-hydrogen) atoms. The van der Waals surface area contributed by atoms with Crippen molar-refractivity contribution in [3.05, 3.63) is 52.0 Å². The molecule has 104 valence electrons.